The largest absolute Gasteiger partial charge is 0.339 e. The molecular weight excluding hydrogens is 308 g/mol. The molecule has 0 aromatic carbocycles. The Bertz CT molecular complexity index is 528. The maximum atomic E-state index is 5.99. The normalized spacial score (nSPS) is 14.6. The lowest BCUT2D eigenvalue weighted by atomic mass is 9.90. The molecule has 2 N–H and O–H groups in total. The molecule has 0 aliphatic carbocycles. The van der Waals surface area contributed by atoms with Crippen molar-refractivity contribution in [2.45, 2.75) is 32.7 Å². The lowest BCUT2D eigenvalue weighted by Gasteiger charge is -2.20. The number of halogens is 1. The molecule has 0 spiro atoms. The maximum Gasteiger partial charge on any atom is 0.231 e. The first-order valence-corrected chi connectivity index (χ1v) is 6.99. The zero-order chi connectivity index (χ0) is 14.0. The highest BCUT2D eigenvalue weighted by molar-refractivity contribution is 9.10. The van der Waals surface area contributed by atoms with Gasteiger partial charge in [-0.05, 0) is 40.9 Å². The zero-order valence-corrected chi connectivity index (χ0v) is 12.8. The quantitative estimate of drug-likeness (QED) is 0.935. The molecule has 0 amide bonds. The molecule has 2 atom stereocenters. The molecule has 2 aromatic heterocycles. The van der Waals surface area contributed by atoms with E-state index in [0.717, 1.165) is 4.47 Å². The average Bonchev–Trinajstić information content (AvgIpc) is 2.78. The minimum Gasteiger partial charge on any atom is -0.339 e. The molecule has 5 nitrogen and oxygen atoms in total. The maximum absolute atomic E-state index is 5.99. The van der Waals surface area contributed by atoms with Crippen LogP contribution in [0.4, 0.5) is 0 Å². The summed E-state index contributed by atoms with van der Waals surface area (Å²) in [6.45, 7) is 6.14. The summed E-state index contributed by atoms with van der Waals surface area (Å²) in [5.74, 6) is 1.46. The molecule has 0 saturated heterocycles. The second-order valence-electron chi connectivity index (χ2n) is 4.95. The van der Waals surface area contributed by atoms with Gasteiger partial charge in [-0.15, -0.1) is 0 Å². The van der Waals surface area contributed by atoms with E-state index in [0.29, 0.717) is 23.3 Å². The van der Waals surface area contributed by atoms with Crippen LogP contribution >= 0.6 is 15.9 Å². The Hall–Kier alpha value is -1.27. The molecule has 6 heteroatoms. The Morgan fingerprint density at radius 1 is 1.26 bits per heavy atom. The fourth-order valence-corrected chi connectivity index (χ4v) is 2.33. The predicted molar refractivity (Wildman–Crippen MR) is 76.5 cm³/mol. The molecule has 0 radical (unpaired) electrons. The Balaban J connectivity index is 2.30. The van der Waals surface area contributed by atoms with E-state index >= 15 is 0 Å². The number of aromatic nitrogens is 3. The summed E-state index contributed by atoms with van der Waals surface area (Å²) in [5.41, 5.74) is 6.67. The number of pyridine rings is 1. The van der Waals surface area contributed by atoms with Crippen LogP contribution in [-0.4, -0.2) is 21.2 Å². The Morgan fingerprint density at radius 3 is 2.53 bits per heavy atom. The molecule has 2 heterocycles. The van der Waals surface area contributed by atoms with Gasteiger partial charge in [0.2, 0.25) is 11.7 Å². The van der Waals surface area contributed by atoms with Gasteiger partial charge >= 0.3 is 0 Å². The van der Waals surface area contributed by atoms with Crippen molar-refractivity contribution >= 4 is 15.9 Å². The van der Waals surface area contributed by atoms with Gasteiger partial charge in [0.25, 0.3) is 0 Å². The van der Waals surface area contributed by atoms with Crippen molar-refractivity contribution in [3.63, 3.8) is 0 Å². The number of rotatable bonds is 4. The van der Waals surface area contributed by atoms with Crippen molar-refractivity contribution in [1.82, 2.24) is 15.1 Å². The van der Waals surface area contributed by atoms with Crippen molar-refractivity contribution in [2.24, 2.45) is 11.7 Å². The average molecular weight is 325 g/mol. The zero-order valence-electron chi connectivity index (χ0n) is 11.2. The van der Waals surface area contributed by atoms with Crippen molar-refractivity contribution in [1.29, 1.82) is 0 Å². The van der Waals surface area contributed by atoms with E-state index < -0.39 is 0 Å². The van der Waals surface area contributed by atoms with E-state index in [-0.39, 0.29) is 12.0 Å². The van der Waals surface area contributed by atoms with Crippen molar-refractivity contribution in [3.8, 4) is 11.5 Å². The molecule has 2 rings (SSSR count). The van der Waals surface area contributed by atoms with Gasteiger partial charge in [0.1, 0.15) is 5.69 Å². The first-order chi connectivity index (χ1) is 8.99. The van der Waals surface area contributed by atoms with E-state index in [4.69, 9.17) is 10.3 Å². The monoisotopic (exact) mass is 324 g/mol. The van der Waals surface area contributed by atoms with E-state index in [1.165, 1.54) is 0 Å². The summed E-state index contributed by atoms with van der Waals surface area (Å²) in [6, 6.07) is 3.70. The number of nitrogens with two attached hydrogens (primary N) is 1. The van der Waals surface area contributed by atoms with Crippen LogP contribution in [0, 0.1) is 5.92 Å². The van der Waals surface area contributed by atoms with Crippen LogP contribution in [0.5, 0.6) is 0 Å². The highest BCUT2D eigenvalue weighted by Gasteiger charge is 2.26. The molecule has 0 fully saturated rings. The van der Waals surface area contributed by atoms with Crippen LogP contribution in [0.1, 0.15) is 32.6 Å². The van der Waals surface area contributed by atoms with Crippen LogP contribution in [0.25, 0.3) is 11.5 Å². The van der Waals surface area contributed by atoms with Gasteiger partial charge in [0.15, 0.2) is 0 Å². The lowest BCUT2D eigenvalue weighted by Crippen LogP contribution is -2.28. The first-order valence-electron chi connectivity index (χ1n) is 6.20. The molecule has 102 valence electrons. The smallest absolute Gasteiger partial charge is 0.231 e. The molecule has 0 aliphatic rings. The summed E-state index contributed by atoms with van der Waals surface area (Å²) in [7, 11) is 0. The second-order valence-corrected chi connectivity index (χ2v) is 5.86. The Morgan fingerprint density at radius 2 is 2.00 bits per heavy atom. The molecule has 0 saturated carbocycles. The van der Waals surface area contributed by atoms with Crippen LogP contribution in [0.15, 0.2) is 27.3 Å². The summed E-state index contributed by atoms with van der Waals surface area (Å²) >= 11 is 3.34. The fraction of sp³-hybridized carbons (Fsp3) is 0.462. The predicted octanol–water partition coefficient (Wildman–Crippen LogP) is 2.98. The van der Waals surface area contributed by atoms with Crippen LogP contribution < -0.4 is 5.73 Å². The molecular formula is C13H17BrN4O. The summed E-state index contributed by atoms with van der Waals surface area (Å²) < 4.78 is 6.25. The molecule has 0 aliphatic heterocycles. The minimum atomic E-state index is -0.0359. The highest BCUT2D eigenvalue weighted by atomic mass is 79.9. The van der Waals surface area contributed by atoms with E-state index in [1.54, 1.807) is 6.20 Å². The fourth-order valence-electron chi connectivity index (χ4n) is 2.10. The van der Waals surface area contributed by atoms with Gasteiger partial charge in [0.05, 0.1) is 5.92 Å². The van der Waals surface area contributed by atoms with Gasteiger partial charge in [-0.25, -0.2) is 0 Å². The van der Waals surface area contributed by atoms with Crippen molar-refractivity contribution < 1.29 is 4.52 Å². The third-order valence-electron chi connectivity index (χ3n) is 2.97. The van der Waals surface area contributed by atoms with Gasteiger partial charge in [-0.2, -0.15) is 4.98 Å². The van der Waals surface area contributed by atoms with Crippen molar-refractivity contribution in [3.05, 3.63) is 28.7 Å². The minimum absolute atomic E-state index is 0.0359. The standard InChI is InChI=1S/C13H17BrN4O/c1-7(2)11(8(3)15)13-17-12(18-19-13)10-5-4-9(14)6-16-10/h4-8,11H,15H2,1-3H3. The molecule has 19 heavy (non-hydrogen) atoms. The molecule has 0 bridgehead atoms. The van der Waals surface area contributed by atoms with Gasteiger partial charge in [-0.3, -0.25) is 4.98 Å². The summed E-state index contributed by atoms with van der Waals surface area (Å²) in [5, 5.41) is 3.98. The molecule has 2 unspecified atom stereocenters. The Labute approximate surface area is 120 Å². The first kappa shape index (κ1) is 14.1. The SMILES string of the molecule is CC(C)C(c1nc(-c2ccc(Br)cn2)no1)C(C)N. The van der Waals surface area contributed by atoms with Crippen LogP contribution in [-0.2, 0) is 0 Å². The van der Waals surface area contributed by atoms with Gasteiger partial charge in [0, 0.05) is 16.7 Å². The van der Waals surface area contributed by atoms with Crippen LogP contribution in [0.3, 0.4) is 0 Å². The van der Waals surface area contributed by atoms with E-state index in [2.05, 4.69) is 44.9 Å². The van der Waals surface area contributed by atoms with E-state index in [9.17, 15) is 0 Å². The lowest BCUT2D eigenvalue weighted by molar-refractivity contribution is 0.300. The van der Waals surface area contributed by atoms with Crippen LogP contribution in [0.2, 0.25) is 0 Å². The summed E-state index contributed by atoms with van der Waals surface area (Å²) in [4.78, 5) is 8.67. The van der Waals surface area contributed by atoms with Crippen molar-refractivity contribution in [2.75, 3.05) is 0 Å². The summed E-state index contributed by atoms with van der Waals surface area (Å²) in [6.07, 6.45) is 1.71. The molecule has 2 aromatic rings. The van der Waals surface area contributed by atoms with Gasteiger partial charge < -0.3 is 10.3 Å². The number of nitrogens with zero attached hydrogens (tertiary/aromatic N) is 3. The third kappa shape index (κ3) is 3.19. The van der Waals surface area contributed by atoms with E-state index in [1.807, 2.05) is 19.1 Å². The second kappa shape index (κ2) is 5.79. The third-order valence-corrected chi connectivity index (χ3v) is 3.44. The number of hydrogen-bond acceptors (Lipinski definition) is 5. The highest BCUT2D eigenvalue weighted by Crippen LogP contribution is 2.27. The Kier molecular flexibility index (Phi) is 4.31. The van der Waals surface area contributed by atoms with Gasteiger partial charge in [-0.1, -0.05) is 19.0 Å². The number of hydrogen-bond donors (Lipinski definition) is 1. The topological polar surface area (TPSA) is 77.8 Å².